The zero-order valence-electron chi connectivity index (χ0n) is 18.7. The summed E-state index contributed by atoms with van der Waals surface area (Å²) < 4.78 is 50.1. The fraction of sp³-hybridized carbons (Fsp3) is 0.391. The summed E-state index contributed by atoms with van der Waals surface area (Å²) >= 11 is 0. The van der Waals surface area contributed by atoms with E-state index in [-0.39, 0.29) is 21.6 Å². The minimum Gasteiger partial charge on any atom is -0.200 e. The van der Waals surface area contributed by atoms with Crippen LogP contribution in [-0.4, -0.2) is 28.3 Å². The maximum absolute atomic E-state index is 12.5. The van der Waals surface area contributed by atoms with Crippen molar-refractivity contribution in [2.24, 2.45) is 22.0 Å². The zero-order valence-corrected chi connectivity index (χ0v) is 20.3. The van der Waals surface area contributed by atoms with Crippen LogP contribution in [0.4, 0.5) is 0 Å². The molecule has 0 heterocycles. The highest BCUT2D eigenvalue weighted by molar-refractivity contribution is 7.89. The van der Waals surface area contributed by atoms with Gasteiger partial charge in [-0.15, -0.1) is 0 Å². The topological polar surface area (TPSA) is 117 Å². The van der Waals surface area contributed by atoms with Crippen molar-refractivity contribution in [1.82, 2.24) is 9.66 Å². The molecule has 2 bridgehead atoms. The van der Waals surface area contributed by atoms with Gasteiger partial charge in [-0.3, -0.25) is 0 Å². The second-order valence-electron chi connectivity index (χ2n) is 8.73. The van der Waals surface area contributed by atoms with Crippen LogP contribution in [0.15, 0.2) is 68.5 Å². The van der Waals surface area contributed by atoms with Crippen molar-refractivity contribution in [3.63, 3.8) is 0 Å². The Balaban J connectivity index is 1.40. The lowest BCUT2D eigenvalue weighted by atomic mass is 9.70. The minimum absolute atomic E-state index is 0.164. The Hall–Kier alpha value is -2.72. The molecule has 2 aromatic carbocycles. The van der Waals surface area contributed by atoms with E-state index in [1.807, 2.05) is 13.8 Å². The van der Waals surface area contributed by atoms with Gasteiger partial charge in [0.05, 0.1) is 9.79 Å². The molecule has 0 radical (unpaired) electrons. The smallest absolute Gasteiger partial charge is 0.200 e. The molecule has 2 atom stereocenters. The average Bonchev–Trinajstić information content (AvgIpc) is 2.79. The molecule has 8 nitrogen and oxygen atoms in total. The number of benzene rings is 2. The molecule has 10 heteroatoms. The number of rotatable bonds is 6. The molecule has 4 rings (SSSR count). The molecule has 0 unspecified atom stereocenters. The van der Waals surface area contributed by atoms with Gasteiger partial charge in [-0.25, -0.2) is 9.66 Å². The molecule has 2 aliphatic rings. The first kappa shape index (κ1) is 23.4. The Morgan fingerprint density at radius 3 is 1.39 bits per heavy atom. The Morgan fingerprint density at radius 2 is 1.03 bits per heavy atom. The lowest BCUT2D eigenvalue weighted by Gasteiger charge is -2.36. The van der Waals surface area contributed by atoms with Crippen LogP contribution >= 0.6 is 0 Å². The van der Waals surface area contributed by atoms with Gasteiger partial charge in [0.1, 0.15) is 0 Å². The van der Waals surface area contributed by atoms with Crippen molar-refractivity contribution in [3.8, 4) is 0 Å². The van der Waals surface area contributed by atoms with Gasteiger partial charge in [-0.2, -0.15) is 27.0 Å². The van der Waals surface area contributed by atoms with Crippen LogP contribution in [0.25, 0.3) is 0 Å². The van der Waals surface area contributed by atoms with Gasteiger partial charge in [-0.1, -0.05) is 35.4 Å². The van der Waals surface area contributed by atoms with E-state index in [9.17, 15) is 16.8 Å². The maximum Gasteiger partial charge on any atom is 0.276 e. The largest absolute Gasteiger partial charge is 0.276 e. The molecule has 33 heavy (non-hydrogen) atoms. The number of hydrogen-bond acceptors (Lipinski definition) is 6. The summed E-state index contributed by atoms with van der Waals surface area (Å²) in [5.74, 6) is 0.328. The third-order valence-corrected chi connectivity index (χ3v) is 8.74. The lowest BCUT2D eigenvalue weighted by Crippen LogP contribution is -2.37. The third kappa shape index (κ3) is 5.44. The summed E-state index contributed by atoms with van der Waals surface area (Å²) in [6.07, 6.45) is 3.60. The molecular formula is C23H28N4O4S2. The van der Waals surface area contributed by atoms with Gasteiger partial charge in [-0.05, 0) is 70.2 Å². The number of nitrogens with zero attached hydrogens (tertiary/aromatic N) is 2. The summed E-state index contributed by atoms with van der Waals surface area (Å²) in [7, 11) is -7.41. The molecule has 0 aromatic heterocycles. The fourth-order valence-corrected chi connectivity index (χ4v) is 5.98. The van der Waals surface area contributed by atoms with Gasteiger partial charge in [0.2, 0.25) is 0 Å². The highest BCUT2D eigenvalue weighted by Gasteiger charge is 2.35. The number of hydrogen-bond donors (Lipinski definition) is 2. The Labute approximate surface area is 195 Å². The molecule has 0 saturated heterocycles. The summed E-state index contributed by atoms with van der Waals surface area (Å²) in [6, 6.07) is 13.3. The van der Waals surface area contributed by atoms with E-state index in [0.717, 1.165) is 41.8 Å². The van der Waals surface area contributed by atoms with Crippen LogP contribution in [0, 0.1) is 25.7 Å². The van der Waals surface area contributed by atoms with Crippen LogP contribution in [-0.2, 0) is 20.0 Å². The predicted octanol–water partition coefficient (Wildman–Crippen LogP) is 3.48. The van der Waals surface area contributed by atoms with Crippen molar-refractivity contribution in [2.75, 3.05) is 0 Å². The Bertz CT molecular complexity index is 1180. The summed E-state index contributed by atoms with van der Waals surface area (Å²) in [5, 5.41) is 8.52. The van der Waals surface area contributed by atoms with Crippen LogP contribution in [0.1, 0.15) is 43.2 Å². The average molecular weight is 489 g/mol. The van der Waals surface area contributed by atoms with E-state index >= 15 is 0 Å². The predicted molar refractivity (Wildman–Crippen MR) is 128 cm³/mol. The van der Waals surface area contributed by atoms with Crippen molar-refractivity contribution < 1.29 is 16.8 Å². The van der Waals surface area contributed by atoms with E-state index in [1.54, 1.807) is 48.5 Å². The van der Waals surface area contributed by atoms with Crippen LogP contribution in [0.3, 0.4) is 0 Å². The van der Waals surface area contributed by atoms with Crippen molar-refractivity contribution in [3.05, 3.63) is 59.7 Å². The molecule has 2 N–H and O–H groups in total. The molecule has 2 aromatic rings. The second-order valence-corrected chi connectivity index (χ2v) is 12.1. The molecule has 2 saturated carbocycles. The summed E-state index contributed by atoms with van der Waals surface area (Å²) in [6.45, 7) is 3.80. The minimum atomic E-state index is -3.71. The first-order chi connectivity index (χ1) is 15.6. The van der Waals surface area contributed by atoms with Gasteiger partial charge in [0.15, 0.2) is 0 Å². The van der Waals surface area contributed by atoms with Crippen molar-refractivity contribution in [2.45, 2.75) is 55.7 Å². The number of sulfonamides is 2. The van der Waals surface area contributed by atoms with Crippen LogP contribution < -0.4 is 9.66 Å². The van der Waals surface area contributed by atoms with Gasteiger partial charge in [0.25, 0.3) is 20.0 Å². The van der Waals surface area contributed by atoms with E-state index in [4.69, 9.17) is 0 Å². The van der Waals surface area contributed by atoms with E-state index in [0.29, 0.717) is 12.8 Å². The molecule has 0 spiro atoms. The Morgan fingerprint density at radius 1 is 0.667 bits per heavy atom. The molecular weight excluding hydrogens is 460 g/mol. The van der Waals surface area contributed by atoms with E-state index < -0.39 is 20.0 Å². The van der Waals surface area contributed by atoms with Crippen molar-refractivity contribution >= 4 is 31.5 Å². The molecule has 176 valence electrons. The van der Waals surface area contributed by atoms with E-state index in [1.165, 1.54) is 0 Å². The Kier molecular flexibility index (Phi) is 6.58. The van der Waals surface area contributed by atoms with Gasteiger partial charge in [0, 0.05) is 23.3 Å². The number of hydrazone groups is 2. The standard InChI is InChI=1S/C23H28N4O4S2/c1-16-3-9-20(10-4-16)32(28,29)26-24-22-13-7-19-15-18(22)8-14-23(19)25-27-33(30,31)21-11-5-17(2)6-12-21/h3-6,9-12,18-19,26-27H,7-8,13-15H2,1-2H3/b24-22-,25-23+/t18-,19+/m1/s1. The first-order valence-electron chi connectivity index (χ1n) is 10.9. The first-order valence-corrected chi connectivity index (χ1v) is 13.9. The summed E-state index contributed by atoms with van der Waals surface area (Å²) in [5.41, 5.74) is 3.67. The molecule has 2 aliphatic carbocycles. The summed E-state index contributed by atoms with van der Waals surface area (Å²) in [4.78, 5) is 5.14. The maximum atomic E-state index is 12.5. The lowest BCUT2D eigenvalue weighted by molar-refractivity contribution is 0.404. The molecule has 0 aliphatic heterocycles. The quantitative estimate of drug-likeness (QED) is 0.605. The van der Waals surface area contributed by atoms with E-state index in [2.05, 4.69) is 19.9 Å². The van der Waals surface area contributed by atoms with Gasteiger partial charge >= 0.3 is 0 Å². The molecule has 0 amide bonds. The van der Waals surface area contributed by atoms with Gasteiger partial charge < -0.3 is 0 Å². The van der Waals surface area contributed by atoms with Crippen LogP contribution in [0.2, 0.25) is 0 Å². The fourth-order valence-electron chi connectivity index (χ4n) is 4.31. The highest BCUT2D eigenvalue weighted by Crippen LogP contribution is 2.37. The monoisotopic (exact) mass is 488 g/mol. The SMILES string of the molecule is Cc1ccc(S(=O)(=O)N/N=C2/CC[C@H]3C[C@H]2CC/C3=N\NS(=O)(=O)c2ccc(C)cc2)cc1. The molecule has 2 fully saturated rings. The second kappa shape index (κ2) is 9.26. The number of nitrogens with one attached hydrogen (secondary N) is 2. The number of aryl methyl sites for hydroxylation is 2. The third-order valence-electron chi connectivity index (χ3n) is 6.29. The van der Waals surface area contributed by atoms with Crippen LogP contribution in [0.5, 0.6) is 0 Å². The number of fused-ring (bicyclic) bond motifs is 2. The zero-order chi connectivity index (χ0) is 23.6. The normalized spacial score (nSPS) is 23.5. The van der Waals surface area contributed by atoms with Crippen molar-refractivity contribution in [1.29, 1.82) is 0 Å². The highest BCUT2D eigenvalue weighted by atomic mass is 32.2.